The molecule has 0 aromatic carbocycles. The Morgan fingerprint density at radius 1 is 1.29 bits per heavy atom. The SMILES string of the molecule is CN(C)C[C@H]1CCCCC[C@H](Br)C1=O. The molecule has 1 aliphatic rings. The average molecular weight is 262 g/mol. The van der Waals surface area contributed by atoms with Crippen LogP contribution < -0.4 is 0 Å². The number of ketones is 1. The first-order valence-corrected chi connectivity index (χ1v) is 6.35. The third-order valence-electron chi connectivity index (χ3n) is 2.81. The molecule has 0 aromatic rings. The van der Waals surface area contributed by atoms with E-state index in [1.54, 1.807) is 0 Å². The Kier molecular flexibility index (Phi) is 5.10. The summed E-state index contributed by atoms with van der Waals surface area (Å²) in [6, 6.07) is 0. The van der Waals surface area contributed by atoms with Crippen LogP contribution >= 0.6 is 15.9 Å². The molecule has 1 rings (SSSR count). The van der Waals surface area contributed by atoms with Crippen LogP contribution in [0.2, 0.25) is 0 Å². The molecule has 0 radical (unpaired) electrons. The van der Waals surface area contributed by atoms with E-state index in [1.807, 2.05) is 14.1 Å². The van der Waals surface area contributed by atoms with E-state index in [2.05, 4.69) is 20.8 Å². The summed E-state index contributed by atoms with van der Waals surface area (Å²) in [5, 5.41) is 0. The van der Waals surface area contributed by atoms with Crippen LogP contribution in [-0.2, 0) is 4.79 Å². The van der Waals surface area contributed by atoms with E-state index < -0.39 is 0 Å². The average Bonchev–Trinajstić information content (AvgIpc) is 2.11. The molecule has 0 aromatic heterocycles. The van der Waals surface area contributed by atoms with Gasteiger partial charge >= 0.3 is 0 Å². The number of nitrogens with zero attached hydrogens (tertiary/aromatic N) is 1. The molecule has 0 spiro atoms. The lowest BCUT2D eigenvalue weighted by molar-refractivity contribution is -0.123. The van der Waals surface area contributed by atoms with Gasteiger partial charge < -0.3 is 4.90 Å². The molecule has 1 aliphatic carbocycles. The highest BCUT2D eigenvalue weighted by molar-refractivity contribution is 9.10. The molecular weight excluding hydrogens is 242 g/mol. The van der Waals surface area contributed by atoms with Crippen molar-refractivity contribution >= 4 is 21.7 Å². The topological polar surface area (TPSA) is 20.3 Å². The maximum atomic E-state index is 12.0. The fourth-order valence-corrected chi connectivity index (χ4v) is 2.75. The summed E-state index contributed by atoms with van der Waals surface area (Å²) in [7, 11) is 4.07. The zero-order valence-electron chi connectivity index (χ0n) is 9.13. The van der Waals surface area contributed by atoms with Crippen molar-refractivity contribution in [3.63, 3.8) is 0 Å². The number of hydrogen-bond acceptors (Lipinski definition) is 2. The first-order valence-electron chi connectivity index (χ1n) is 5.44. The number of Topliss-reactive ketones (excluding diaryl/α,β-unsaturated/α-hetero) is 1. The molecule has 82 valence electrons. The molecule has 0 unspecified atom stereocenters. The molecule has 1 saturated carbocycles. The summed E-state index contributed by atoms with van der Waals surface area (Å²) < 4.78 is 0. The lowest BCUT2D eigenvalue weighted by Crippen LogP contribution is -2.33. The number of rotatable bonds is 2. The van der Waals surface area contributed by atoms with Gasteiger partial charge in [0.2, 0.25) is 0 Å². The predicted molar refractivity (Wildman–Crippen MR) is 62.9 cm³/mol. The maximum Gasteiger partial charge on any atom is 0.150 e. The van der Waals surface area contributed by atoms with Crippen molar-refractivity contribution in [2.75, 3.05) is 20.6 Å². The van der Waals surface area contributed by atoms with Crippen molar-refractivity contribution in [1.82, 2.24) is 4.90 Å². The second-order valence-corrected chi connectivity index (χ2v) is 5.57. The largest absolute Gasteiger partial charge is 0.309 e. The van der Waals surface area contributed by atoms with Crippen LogP contribution in [0, 0.1) is 5.92 Å². The fraction of sp³-hybridized carbons (Fsp3) is 0.909. The summed E-state index contributed by atoms with van der Waals surface area (Å²) in [5.74, 6) is 0.660. The van der Waals surface area contributed by atoms with Crippen LogP contribution in [0.5, 0.6) is 0 Å². The third kappa shape index (κ3) is 3.70. The summed E-state index contributed by atoms with van der Waals surface area (Å²) in [4.78, 5) is 14.2. The van der Waals surface area contributed by atoms with Gasteiger partial charge in [-0.1, -0.05) is 35.2 Å². The number of carbonyl (C=O) groups is 1. The summed E-state index contributed by atoms with van der Waals surface area (Å²) in [6.07, 6.45) is 5.77. The quantitative estimate of drug-likeness (QED) is 0.712. The standard InChI is InChI=1S/C11H20BrNO/c1-13(2)8-9-6-4-3-5-7-10(12)11(9)14/h9-10H,3-8H2,1-2H3/t9-,10+/m1/s1. The Labute approximate surface area is 95.2 Å². The molecule has 2 nitrogen and oxygen atoms in total. The number of alkyl halides is 1. The zero-order valence-corrected chi connectivity index (χ0v) is 10.7. The van der Waals surface area contributed by atoms with Gasteiger partial charge in [0.15, 0.2) is 5.78 Å². The van der Waals surface area contributed by atoms with Crippen molar-refractivity contribution in [1.29, 1.82) is 0 Å². The van der Waals surface area contributed by atoms with Gasteiger partial charge in [-0.3, -0.25) is 4.79 Å². The molecule has 0 aliphatic heterocycles. The summed E-state index contributed by atoms with van der Waals surface area (Å²) in [5.41, 5.74) is 0. The second kappa shape index (κ2) is 5.86. The van der Waals surface area contributed by atoms with Crippen LogP contribution in [0.15, 0.2) is 0 Å². The molecule has 0 bridgehead atoms. The molecule has 2 atom stereocenters. The van der Waals surface area contributed by atoms with Crippen molar-refractivity contribution in [2.24, 2.45) is 5.92 Å². The van der Waals surface area contributed by atoms with Gasteiger partial charge in [-0.15, -0.1) is 0 Å². The Balaban J connectivity index is 2.54. The highest BCUT2D eigenvalue weighted by atomic mass is 79.9. The minimum absolute atomic E-state index is 0.104. The summed E-state index contributed by atoms with van der Waals surface area (Å²) >= 11 is 3.50. The lowest BCUT2D eigenvalue weighted by Gasteiger charge is -2.24. The highest BCUT2D eigenvalue weighted by Gasteiger charge is 2.26. The van der Waals surface area contributed by atoms with E-state index in [1.165, 1.54) is 19.3 Å². The molecule has 1 fully saturated rings. The minimum atomic E-state index is 0.104. The van der Waals surface area contributed by atoms with Crippen LogP contribution in [0.1, 0.15) is 32.1 Å². The van der Waals surface area contributed by atoms with E-state index in [9.17, 15) is 4.79 Å². The smallest absolute Gasteiger partial charge is 0.150 e. The van der Waals surface area contributed by atoms with Gasteiger partial charge in [-0.2, -0.15) is 0 Å². The highest BCUT2D eigenvalue weighted by Crippen LogP contribution is 2.24. The Hall–Kier alpha value is 0.110. The molecule has 0 heterocycles. The van der Waals surface area contributed by atoms with Gasteiger partial charge in [-0.25, -0.2) is 0 Å². The Morgan fingerprint density at radius 2 is 1.93 bits per heavy atom. The first-order chi connectivity index (χ1) is 6.61. The normalized spacial score (nSPS) is 30.1. The van der Waals surface area contributed by atoms with Crippen molar-refractivity contribution < 1.29 is 4.79 Å². The monoisotopic (exact) mass is 261 g/mol. The Morgan fingerprint density at radius 3 is 2.57 bits per heavy atom. The van der Waals surface area contributed by atoms with Crippen LogP contribution in [-0.4, -0.2) is 36.2 Å². The lowest BCUT2D eigenvalue weighted by atomic mass is 9.89. The van der Waals surface area contributed by atoms with Crippen LogP contribution in [0.3, 0.4) is 0 Å². The Bertz CT molecular complexity index is 194. The van der Waals surface area contributed by atoms with Crippen molar-refractivity contribution in [3.05, 3.63) is 0 Å². The molecule has 0 amide bonds. The van der Waals surface area contributed by atoms with E-state index in [0.717, 1.165) is 19.4 Å². The minimum Gasteiger partial charge on any atom is -0.309 e. The van der Waals surface area contributed by atoms with Crippen molar-refractivity contribution in [3.8, 4) is 0 Å². The number of hydrogen-bond donors (Lipinski definition) is 0. The number of halogens is 1. The van der Waals surface area contributed by atoms with E-state index >= 15 is 0 Å². The zero-order chi connectivity index (χ0) is 10.6. The molecule has 14 heavy (non-hydrogen) atoms. The van der Waals surface area contributed by atoms with E-state index in [0.29, 0.717) is 5.78 Å². The van der Waals surface area contributed by atoms with E-state index in [-0.39, 0.29) is 10.7 Å². The second-order valence-electron chi connectivity index (χ2n) is 4.47. The first kappa shape index (κ1) is 12.2. The third-order valence-corrected chi connectivity index (χ3v) is 3.72. The summed E-state index contributed by atoms with van der Waals surface area (Å²) in [6.45, 7) is 0.904. The fourth-order valence-electron chi connectivity index (χ4n) is 2.05. The van der Waals surface area contributed by atoms with Crippen LogP contribution in [0.4, 0.5) is 0 Å². The van der Waals surface area contributed by atoms with E-state index in [4.69, 9.17) is 0 Å². The molecular formula is C11H20BrNO. The molecule has 0 N–H and O–H groups in total. The molecule has 3 heteroatoms. The van der Waals surface area contributed by atoms with Gasteiger partial charge in [0.25, 0.3) is 0 Å². The number of carbonyl (C=O) groups excluding carboxylic acids is 1. The van der Waals surface area contributed by atoms with Crippen molar-refractivity contribution in [2.45, 2.75) is 36.9 Å². The molecule has 0 saturated heterocycles. The maximum absolute atomic E-state index is 12.0. The van der Waals surface area contributed by atoms with Gasteiger partial charge in [0.05, 0.1) is 4.83 Å². The predicted octanol–water partition coefficient (Wildman–Crippen LogP) is 2.46. The van der Waals surface area contributed by atoms with Gasteiger partial charge in [-0.05, 0) is 26.9 Å². The van der Waals surface area contributed by atoms with Gasteiger partial charge in [0, 0.05) is 12.5 Å². The van der Waals surface area contributed by atoms with Gasteiger partial charge in [0.1, 0.15) is 0 Å². The van der Waals surface area contributed by atoms with Crippen LogP contribution in [0.25, 0.3) is 0 Å².